The van der Waals surface area contributed by atoms with Crippen molar-refractivity contribution >= 4 is 22.8 Å². The van der Waals surface area contributed by atoms with Crippen LogP contribution in [0.3, 0.4) is 0 Å². The fourth-order valence-corrected chi connectivity index (χ4v) is 2.78. The van der Waals surface area contributed by atoms with Crippen LogP contribution < -0.4 is 0 Å². The molecule has 3 rings (SSSR count). The van der Waals surface area contributed by atoms with E-state index in [4.69, 9.17) is 16.6 Å². The summed E-state index contributed by atoms with van der Waals surface area (Å²) in [5.41, 5.74) is 2.94. The molecule has 110 valence electrons. The van der Waals surface area contributed by atoms with E-state index in [-0.39, 0.29) is 11.4 Å². The summed E-state index contributed by atoms with van der Waals surface area (Å²) in [6.45, 7) is 6.94. The Morgan fingerprint density at radius 2 is 2.10 bits per heavy atom. The van der Waals surface area contributed by atoms with Gasteiger partial charge in [-0.15, -0.1) is 11.6 Å². The predicted molar refractivity (Wildman–Crippen MR) is 83.5 cm³/mol. The van der Waals surface area contributed by atoms with E-state index >= 15 is 0 Å². The van der Waals surface area contributed by atoms with E-state index in [0.717, 1.165) is 29.1 Å². The van der Waals surface area contributed by atoms with Gasteiger partial charge < -0.3 is 9.13 Å². The van der Waals surface area contributed by atoms with Gasteiger partial charge in [-0.1, -0.05) is 0 Å². The van der Waals surface area contributed by atoms with Crippen molar-refractivity contribution in [1.82, 2.24) is 24.1 Å². The van der Waals surface area contributed by atoms with E-state index in [2.05, 4.69) is 26.0 Å². The summed E-state index contributed by atoms with van der Waals surface area (Å²) in [7, 11) is 0. The largest absolute Gasteiger partial charge is 0.335 e. The number of aryl methyl sites for hydroxylation is 1. The third-order valence-corrected chi connectivity index (χ3v) is 3.83. The lowest BCUT2D eigenvalue weighted by Gasteiger charge is -2.18. The van der Waals surface area contributed by atoms with E-state index in [1.165, 1.54) is 0 Å². The van der Waals surface area contributed by atoms with Crippen molar-refractivity contribution in [3.63, 3.8) is 0 Å². The second-order valence-electron chi connectivity index (χ2n) is 5.36. The number of aromatic nitrogens is 5. The van der Waals surface area contributed by atoms with Gasteiger partial charge in [0, 0.05) is 25.1 Å². The van der Waals surface area contributed by atoms with Crippen molar-refractivity contribution in [3.05, 3.63) is 42.4 Å². The smallest absolute Gasteiger partial charge is 0.160 e. The first kappa shape index (κ1) is 14.1. The van der Waals surface area contributed by atoms with Gasteiger partial charge in [0.2, 0.25) is 0 Å². The topological polar surface area (TPSA) is 48.5 Å². The maximum Gasteiger partial charge on any atom is 0.160 e. The van der Waals surface area contributed by atoms with Crippen LogP contribution in [0.4, 0.5) is 0 Å². The Hall–Kier alpha value is -1.88. The average Bonchev–Trinajstić information content (AvgIpc) is 3.05. The molecular formula is C15H18ClN5. The minimum absolute atomic E-state index is 0.163. The van der Waals surface area contributed by atoms with Crippen molar-refractivity contribution in [1.29, 1.82) is 0 Å². The summed E-state index contributed by atoms with van der Waals surface area (Å²) >= 11 is 6.33. The lowest BCUT2D eigenvalue weighted by Crippen LogP contribution is -2.15. The molecule has 0 fully saturated rings. The van der Waals surface area contributed by atoms with E-state index in [1.54, 1.807) is 6.20 Å². The minimum atomic E-state index is -0.163. The lowest BCUT2D eigenvalue weighted by molar-refractivity contribution is 0.458. The highest BCUT2D eigenvalue weighted by atomic mass is 35.5. The van der Waals surface area contributed by atoms with Crippen LogP contribution in [-0.4, -0.2) is 24.1 Å². The number of halogens is 1. The summed E-state index contributed by atoms with van der Waals surface area (Å²) in [5.74, 6) is 0.862. The molecule has 0 aliphatic heterocycles. The van der Waals surface area contributed by atoms with Crippen molar-refractivity contribution in [3.8, 4) is 0 Å². The predicted octanol–water partition coefficient (Wildman–Crippen LogP) is 3.50. The lowest BCUT2D eigenvalue weighted by atomic mass is 10.2. The number of alkyl halides is 1. The summed E-state index contributed by atoms with van der Waals surface area (Å²) in [6, 6.07) is 2.16. The maximum atomic E-state index is 6.33. The van der Waals surface area contributed by atoms with E-state index in [1.807, 2.05) is 38.6 Å². The van der Waals surface area contributed by atoms with Crippen molar-refractivity contribution in [2.75, 3.05) is 0 Å². The van der Waals surface area contributed by atoms with Crippen LogP contribution in [0.5, 0.6) is 0 Å². The van der Waals surface area contributed by atoms with Gasteiger partial charge in [0.25, 0.3) is 0 Å². The van der Waals surface area contributed by atoms with Crippen LogP contribution in [0.2, 0.25) is 0 Å². The van der Waals surface area contributed by atoms with Gasteiger partial charge in [-0.3, -0.25) is 0 Å². The number of hydrogen-bond acceptors (Lipinski definition) is 3. The van der Waals surface area contributed by atoms with E-state index in [0.29, 0.717) is 0 Å². The van der Waals surface area contributed by atoms with Gasteiger partial charge >= 0.3 is 0 Å². The number of imidazole rings is 2. The highest BCUT2D eigenvalue weighted by molar-refractivity contribution is 6.20. The Labute approximate surface area is 128 Å². The Bertz CT molecular complexity index is 745. The van der Waals surface area contributed by atoms with Crippen LogP contribution in [0.25, 0.3) is 11.2 Å². The van der Waals surface area contributed by atoms with Gasteiger partial charge in [-0.05, 0) is 32.4 Å². The molecule has 3 aromatic rings. The molecule has 3 aromatic heterocycles. The zero-order valence-corrected chi connectivity index (χ0v) is 13.1. The Kier molecular flexibility index (Phi) is 3.68. The van der Waals surface area contributed by atoms with Crippen LogP contribution in [-0.2, 0) is 6.54 Å². The molecule has 0 radical (unpaired) electrons. The number of fused-ring (bicyclic) bond motifs is 1. The number of rotatable bonds is 4. The standard InChI is InChI=1S/C15H18ClN5/c1-10-4-5-18-15-13(10)19-14(12(3)16)21(15)11(2)8-20-7-6-17-9-20/h4-7,9,11-12H,8H2,1-3H3. The molecule has 2 atom stereocenters. The first-order valence-corrected chi connectivity index (χ1v) is 7.45. The molecule has 5 nitrogen and oxygen atoms in total. The van der Waals surface area contributed by atoms with Gasteiger partial charge in [0.15, 0.2) is 5.65 Å². The highest BCUT2D eigenvalue weighted by Crippen LogP contribution is 2.28. The third-order valence-electron chi connectivity index (χ3n) is 3.64. The molecule has 0 N–H and O–H groups in total. The summed E-state index contributed by atoms with van der Waals surface area (Å²) in [5, 5.41) is -0.163. The molecule has 0 bridgehead atoms. The molecule has 3 heterocycles. The van der Waals surface area contributed by atoms with Crippen molar-refractivity contribution in [2.45, 2.75) is 38.7 Å². The first-order valence-electron chi connectivity index (χ1n) is 7.01. The summed E-state index contributed by atoms with van der Waals surface area (Å²) in [6.07, 6.45) is 7.38. The summed E-state index contributed by atoms with van der Waals surface area (Å²) in [4.78, 5) is 13.3. The fraction of sp³-hybridized carbons (Fsp3) is 0.400. The molecule has 21 heavy (non-hydrogen) atoms. The number of hydrogen-bond donors (Lipinski definition) is 0. The second kappa shape index (κ2) is 5.48. The second-order valence-corrected chi connectivity index (χ2v) is 6.02. The average molecular weight is 304 g/mol. The fourth-order valence-electron chi connectivity index (χ4n) is 2.62. The van der Waals surface area contributed by atoms with Gasteiger partial charge in [0.05, 0.1) is 17.7 Å². The molecule has 0 saturated carbocycles. The van der Waals surface area contributed by atoms with Crippen LogP contribution in [0.15, 0.2) is 31.0 Å². The summed E-state index contributed by atoms with van der Waals surface area (Å²) < 4.78 is 4.19. The molecule has 2 unspecified atom stereocenters. The molecule has 6 heteroatoms. The molecular weight excluding hydrogens is 286 g/mol. The molecule has 0 saturated heterocycles. The van der Waals surface area contributed by atoms with E-state index in [9.17, 15) is 0 Å². The van der Waals surface area contributed by atoms with Gasteiger partial charge in [-0.25, -0.2) is 15.0 Å². The normalized spacial score (nSPS) is 14.5. The Morgan fingerprint density at radius 1 is 1.29 bits per heavy atom. The Morgan fingerprint density at radius 3 is 2.76 bits per heavy atom. The monoisotopic (exact) mass is 303 g/mol. The zero-order chi connectivity index (χ0) is 15.0. The maximum absolute atomic E-state index is 6.33. The van der Waals surface area contributed by atoms with Crippen LogP contribution in [0, 0.1) is 6.92 Å². The van der Waals surface area contributed by atoms with Crippen molar-refractivity contribution < 1.29 is 0 Å². The first-order chi connectivity index (χ1) is 10.1. The van der Waals surface area contributed by atoms with Crippen LogP contribution >= 0.6 is 11.6 Å². The van der Waals surface area contributed by atoms with E-state index < -0.39 is 0 Å². The van der Waals surface area contributed by atoms with Gasteiger partial charge in [-0.2, -0.15) is 0 Å². The SMILES string of the molecule is Cc1ccnc2c1nc(C(C)Cl)n2C(C)Cn1ccnc1. The highest BCUT2D eigenvalue weighted by Gasteiger charge is 2.21. The van der Waals surface area contributed by atoms with Crippen molar-refractivity contribution in [2.24, 2.45) is 0 Å². The Balaban J connectivity index is 2.10. The van der Waals surface area contributed by atoms with Crippen LogP contribution in [0.1, 0.15) is 36.7 Å². The quantitative estimate of drug-likeness (QED) is 0.693. The molecule has 0 aliphatic carbocycles. The number of pyridine rings is 1. The minimum Gasteiger partial charge on any atom is -0.335 e. The zero-order valence-electron chi connectivity index (χ0n) is 12.4. The molecule has 0 aliphatic rings. The molecule has 0 amide bonds. The molecule has 0 spiro atoms. The number of nitrogens with zero attached hydrogens (tertiary/aromatic N) is 5. The molecule has 0 aromatic carbocycles. The third kappa shape index (κ3) is 2.53. The van der Waals surface area contributed by atoms with Gasteiger partial charge in [0.1, 0.15) is 11.3 Å².